The van der Waals surface area contributed by atoms with Crippen LogP contribution in [0.25, 0.3) is 0 Å². The molecule has 64 valence electrons. The fourth-order valence-corrected chi connectivity index (χ4v) is 0.875. The molecule has 1 fully saturated rings. The van der Waals surface area contributed by atoms with Crippen LogP contribution in [0.1, 0.15) is 12.8 Å². The van der Waals surface area contributed by atoms with Gasteiger partial charge in [0.2, 0.25) is 0 Å². The predicted molar refractivity (Wildman–Crippen MR) is 44.6 cm³/mol. The summed E-state index contributed by atoms with van der Waals surface area (Å²) in [4.78, 5) is 11.6. The van der Waals surface area contributed by atoms with Crippen LogP contribution < -0.4 is 0 Å². The van der Waals surface area contributed by atoms with Crippen LogP contribution in [0, 0.1) is 0 Å². The molecule has 0 atom stereocenters. The Kier molecular flexibility index (Phi) is 5.47. The van der Waals surface area contributed by atoms with Gasteiger partial charge in [-0.3, -0.25) is 0 Å². The van der Waals surface area contributed by atoms with E-state index in [4.69, 9.17) is 5.11 Å². The molecule has 0 aromatic rings. The molecular weight excluding hydrogens is 142 g/mol. The quantitative estimate of drug-likeness (QED) is 0.576. The highest BCUT2D eigenvalue weighted by atomic mass is 16.4. The normalized spacial score (nSPS) is 16.8. The van der Waals surface area contributed by atoms with Crippen LogP contribution in [-0.2, 0) is 4.79 Å². The molecule has 1 N–H and O–H groups in total. The molecule has 1 aliphatic heterocycles. The smallest absolute Gasteiger partial charge is 0.327 e. The third-order valence-corrected chi connectivity index (χ3v) is 1.50. The van der Waals surface area contributed by atoms with Crippen LogP contribution in [0.15, 0.2) is 12.7 Å². The van der Waals surface area contributed by atoms with Crippen LogP contribution >= 0.6 is 0 Å². The summed E-state index contributed by atoms with van der Waals surface area (Å²) in [5, 5.41) is 7.60. The summed E-state index contributed by atoms with van der Waals surface area (Å²) in [5.74, 6) is -0.981. The van der Waals surface area contributed by atoms with E-state index in [0.29, 0.717) is 0 Å². The van der Waals surface area contributed by atoms with Gasteiger partial charge in [0.15, 0.2) is 0 Å². The second kappa shape index (κ2) is 5.92. The zero-order valence-corrected chi connectivity index (χ0v) is 6.92. The SMILES string of the molecule is C=CC(=O)O.CN1CCCC1. The summed E-state index contributed by atoms with van der Waals surface area (Å²) >= 11 is 0. The maximum atomic E-state index is 9.25. The molecule has 1 aliphatic rings. The average Bonchev–Trinajstić information content (AvgIpc) is 2.41. The standard InChI is InChI=1S/C5H11N.C3H4O2/c1-6-4-2-3-5-6;1-2-3(4)5/h2-5H2,1H3;2H,1H2,(H,4,5). The molecule has 0 aromatic carbocycles. The van der Waals surface area contributed by atoms with E-state index in [1.807, 2.05) is 0 Å². The molecule has 0 spiro atoms. The summed E-state index contributed by atoms with van der Waals surface area (Å²) in [7, 11) is 2.17. The average molecular weight is 157 g/mol. The largest absolute Gasteiger partial charge is 0.478 e. The van der Waals surface area contributed by atoms with Gasteiger partial charge in [0.05, 0.1) is 0 Å². The molecule has 1 heterocycles. The highest BCUT2D eigenvalue weighted by Gasteiger charge is 2.03. The Morgan fingerprint density at radius 2 is 1.91 bits per heavy atom. The van der Waals surface area contributed by atoms with Crippen LogP contribution in [0.2, 0.25) is 0 Å². The minimum absolute atomic E-state index is 0.833. The number of likely N-dealkylation sites (tertiary alicyclic amines) is 1. The molecule has 1 saturated heterocycles. The Hall–Kier alpha value is -0.830. The molecule has 0 saturated carbocycles. The number of nitrogens with zero attached hydrogens (tertiary/aromatic N) is 1. The Morgan fingerprint density at radius 3 is 2.00 bits per heavy atom. The highest BCUT2D eigenvalue weighted by molar-refractivity contribution is 5.78. The first-order valence-corrected chi connectivity index (χ1v) is 3.70. The van der Waals surface area contributed by atoms with Crippen LogP contribution in [0.5, 0.6) is 0 Å². The van der Waals surface area contributed by atoms with E-state index in [1.165, 1.54) is 25.9 Å². The number of carboxylic acid groups (broad SMARTS) is 1. The number of hydrogen-bond donors (Lipinski definition) is 1. The first-order chi connectivity index (χ1) is 5.16. The first-order valence-electron chi connectivity index (χ1n) is 3.70. The lowest BCUT2D eigenvalue weighted by Gasteiger charge is -2.01. The van der Waals surface area contributed by atoms with Crippen molar-refractivity contribution < 1.29 is 9.90 Å². The number of rotatable bonds is 1. The van der Waals surface area contributed by atoms with Gasteiger partial charge in [-0.2, -0.15) is 0 Å². The minimum atomic E-state index is -0.981. The molecule has 3 nitrogen and oxygen atoms in total. The maximum Gasteiger partial charge on any atom is 0.327 e. The van der Waals surface area contributed by atoms with E-state index in [1.54, 1.807) is 0 Å². The summed E-state index contributed by atoms with van der Waals surface area (Å²) in [5.41, 5.74) is 0. The second-order valence-electron chi connectivity index (χ2n) is 2.55. The van der Waals surface area contributed by atoms with E-state index < -0.39 is 5.97 Å². The molecule has 0 aromatic heterocycles. The zero-order chi connectivity index (χ0) is 8.69. The van der Waals surface area contributed by atoms with E-state index in [9.17, 15) is 4.79 Å². The summed E-state index contributed by atoms with van der Waals surface area (Å²) in [6, 6.07) is 0. The van der Waals surface area contributed by atoms with Crippen molar-refractivity contribution in [1.82, 2.24) is 4.90 Å². The fraction of sp³-hybridized carbons (Fsp3) is 0.625. The fourth-order valence-electron chi connectivity index (χ4n) is 0.875. The lowest BCUT2D eigenvalue weighted by Crippen LogP contribution is -2.10. The van der Waals surface area contributed by atoms with Gasteiger partial charge >= 0.3 is 5.97 Å². The summed E-state index contributed by atoms with van der Waals surface area (Å²) in [6.07, 6.45) is 3.66. The van der Waals surface area contributed by atoms with Gasteiger partial charge in [-0.15, -0.1) is 0 Å². The second-order valence-corrected chi connectivity index (χ2v) is 2.55. The van der Waals surface area contributed by atoms with Gasteiger partial charge in [-0.25, -0.2) is 4.79 Å². The number of carbonyl (C=O) groups is 1. The van der Waals surface area contributed by atoms with Crippen LogP contribution in [-0.4, -0.2) is 36.1 Å². The van der Waals surface area contributed by atoms with Crippen molar-refractivity contribution >= 4 is 5.97 Å². The molecule has 0 unspecified atom stereocenters. The molecule has 0 aliphatic carbocycles. The Bertz CT molecular complexity index is 128. The highest BCUT2D eigenvalue weighted by Crippen LogP contribution is 2.01. The van der Waals surface area contributed by atoms with Crippen molar-refractivity contribution in [3.05, 3.63) is 12.7 Å². The van der Waals surface area contributed by atoms with Gasteiger partial charge in [-0.1, -0.05) is 6.58 Å². The van der Waals surface area contributed by atoms with Gasteiger partial charge in [0.25, 0.3) is 0 Å². The minimum Gasteiger partial charge on any atom is -0.478 e. The van der Waals surface area contributed by atoms with Gasteiger partial charge in [0.1, 0.15) is 0 Å². The molecule has 0 radical (unpaired) electrons. The van der Waals surface area contributed by atoms with E-state index >= 15 is 0 Å². The van der Waals surface area contributed by atoms with Crippen LogP contribution in [0.4, 0.5) is 0 Å². The monoisotopic (exact) mass is 157 g/mol. The maximum absolute atomic E-state index is 9.25. The van der Waals surface area contributed by atoms with E-state index in [-0.39, 0.29) is 0 Å². The van der Waals surface area contributed by atoms with Crippen molar-refractivity contribution in [3.8, 4) is 0 Å². The summed E-state index contributed by atoms with van der Waals surface area (Å²) in [6.45, 7) is 5.60. The van der Waals surface area contributed by atoms with Crippen LogP contribution in [0.3, 0.4) is 0 Å². The Balaban J connectivity index is 0.000000187. The number of aliphatic carboxylic acids is 1. The van der Waals surface area contributed by atoms with Crippen molar-refractivity contribution in [3.63, 3.8) is 0 Å². The topological polar surface area (TPSA) is 40.5 Å². The molecule has 3 heteroatoms. The van der Waals surface area contributed by atoms with Crippen molar-refractivity contribution in [2.24, 2.45) is 0 Å². The van der Waals surface area contributed by atoms with Crippen molar-refractivity contribution in [2.75, 3.05) is 20.1 Å². The molecule has 11 heavy (non-hydrogen) atoms. The van der Waals surface area contributed by atoms with Gasteiger partial charge in [0, 0.05) is 6.08 Å². The zero-order valence-electron chi connectivity index (χ0n) is 6.92. The van der Waals surface area contributed by atoms with Crippen molar-refractivity contribution in [1.29, 1.82) is 0 Å². The Labute approximate surface area is 67.3 Å². The molecule has 0 amide bonds. The molecule has 0 bridgehead atoms. The lowest BCUT2D eigenvalue weighted by atomic mass is 10.4. The third-order valence-electron chi connectivity index (χ3n) is 1.50. The summed E-state index contributed by atoms with van der Waals surface area (Å²) < 4.78 is 0. The Morgan fingerprint density at radius 1 is 1.55 bits per heavy atom. The number of carboxylic acids is 1. The lowest BCUT2D eigenvalue weighted by molar-refractivity contribution is -0.131. The molecular formula is C8H15NO2. The van der Waals surface area contributed by atoms with Gasteiger partial charge < -0.3 is 10.0 Å². The van der Waals surface area contributed by atoms with E-state index in [2.05, 4.69) is 18.5 Å². The first kappa shape index (κ1) is 10.2. The molecule has 1 rings (SSSR count). The van der Waals surface area contributed by atoms with Crippen molar-refractivity contribution in [2.45, 2.75) is 12.8 Å². The third kappa shape index (κ3) is 7.06. The van der Waals surface area contributed by atoms with E-state index in [0.717, 1.165) is 6.08 Å². The number of hydrogen-bond acceptors (Lipinski definition) is 2. The predicted octanol–water partition coefficient (Wildman–Crippen LogP) is 0.969. The van der Waals surface area contributed by atoms with Gasteiger partial charge in [-0.05, 0) is 33.0 Å².